The van der Waals surface area contributed by atoms with E-state index in [-0.39, 0.29) is 4.21 Å². The van der Waals surface area contributed by atoms with Crippen LogP contribution < -0.4 is 4.72 Å². The molecule has 0 fully saturated rings. The molecule has 0 aliphatic rings. The smallest absolute Gasteiger partial charge is 0.210 e. The van der Waals surface area contributed by atoms with Gasteiger partial charge in [-0.15, -0.1) is 11.3 Å². The van der Waals surface area contributed by atoms with Crippen LogP contribution in [0.3, 0.4) is 0 Å². The van der Waals surface area contributed by atoms with Crippen molar-refractivity contribution in [1.82, 2.24) is 4.72 Å². The van der Waals surface area contributed by atoms with Crippen molar-refractivity contribution in [2.75, 3.05) is 6.54 Å². The summed E-state index contributed by atoms with van der Waals surface area (Å²) in [7, 11) is -3.45. The zero-order chi connectivity index (χ0) is 14.8. The largest absolute Gasteiger partial charge is 0.250 e. The van der Waals surface area contributed by atoms with Gasteiger partial charge in [-0.2, -0.15) is 0 Å². The summed E-state index contributed by atoms with van der Waals surface area (Å²) in [6, 6.07) is 9.29. The first kappa shape index (κ1) is 15.5. The lowest BCUT2D eigenvalue weighted by Gasteiger charge is -2.08. The number of rotatable bonds is 5. The highest BCUT2D eigenvalue weighted by Crippen LogP contribution is 2.25. The van der Waals surface area contributed by atoms with E-state index in [0.29, 0.717) is 17.3 Å². The lowest BCUT2D eigenvalue weighted by Crippen LogP contribution is -2.25. The van der Waals surface area contributed by atoms with Gasteiger partial charge in [0.05, 0.1) is 4.34 Å². The predicted molar refractivity (Wildman–Crippen MR) is 84.1 cm³/mol. The Morgan fingerprint density at radius 3 is 2.55 bits per heavy atom. The second kappa shape index (κ2) is 6.26. The Hall–Kier alpha value is -0.880. The van der Waals surface area contributed by atoms with Crippen molar-refractivity contribution in [3.8, 4) is 0 Å². The molecule has 2 rings (SSSR count). The standard InChI is InChI=1S/C14H16ClNO2S2/c1-10-3-4-12(11(2)9-10)7-8-16-20(17,18)14-6-5-13(15)19-14/h3-6,9,16H,7-8H2,1-2H3. The summed E-state index contributed by atoms with van der Waals surface area (Å²) in [5.41, 5.74) is 3.55. The minimum Gasteiger partial charge on any atom is -0.210 e. The van der Waals surface area contributed by atoms with Crippen molar-refractivity contribution >= 4 is 33.0 Å². The van der Waals surface area contributed by atoms with E-state index in [2.05, 4.69) is 10.8 Å². The lowest BCUT2D eigenvalue weighted by atomic mass is 10.0. The quantitative estimate of drug-likeness (QED) is 0.912. The number of sulfonamides is 1. The molecular formula is C14H16ClNO2S2. The Morgan fingerprint density at radius 1 is 1.20 bits per heavy atom. The number of aryl methyl sites for hydroxylation is 2. The van der Waals surface area contributed by atoms with Crippen LogP contribution in [0.1, 0.15) is 16.7 Å². The van der Waals surface area contributed by atoms with E-state index in [1.807, 2.05) is 26.0 Å². The first-order chi connectivity index (χ1) is 9.38. The van der Waals surface area contributed by atoms with E-state index in [0.717, 1.165) is 16.9 Å². The molecule has 0 aliphatic heterocycles. The number of nitrogens with one attached hydrogen (secondary N) is 1. The van der Waals surface area contributed by atoms with Gasteiger partial charge in [0.15, 0.2) is 0 Å². The highest BCUT2D eigenvalue weighted by Gasteiger charge is 2.15. The molecule has 1 N–H and O–H groups in total. The maximum absolute atomic E-state index is 12.0. The molecule has 1 heterocycles. The summed E-state index contributed by atoms with van der Waals surface area (Å²) in [6.45, 7) is 4.46. The van der Waals surface area contributed by atoms with Crippen LogP contribution in [-0.2, 0) is 16.4 Å². The third-order valence-electron chi connectivity index (χ3n) is 3.00. The van der Waals surface area contributed by atoms with Gasteiger partial charge in [0.1, 0.15) is 4.21 Å². The molecular weight excluding hydrogens is 314 g/mol. The van der Waals surface area contributed by atoms with Gasteiger partial charge in [0, 0.05) is 6.54 Å². The summed E-state index contributed by atoms with van der Waals surface area (Å²) in [5, 5.41) is 0. The molecule has 6 heteroatoms. The van der Waals surface area contributed by atoms with Gasteiger partial charge in [-0.05, 0) is 43.5 Å². The molecule has 0 unspecified atom stereocenters. The second-order valence-electron chi connectivity index (χ2n) is 4.64. The van der Waals surface area contributed by atoms with Crippen LogP contribution in [-0.4, -0.2) is 15.0 Å². The van der Waals surface area contributed by atoms with Crippen molar-refractivity contribution in [3.05, 3.63) is 51.4 Å². The van der Waals surface area contributed by atoms with Crippen molar-refractivity contribution in [2.45, 2.75) is 24.5 Å². The molecule has 0 bridgehead atoms. The number of halogens is 1. The molecule has 0 saturated carbocycles. The van der Waals surface area contributed by atoms with Crippen molar-refractivity contribution in [2.24, 2.45) is 0 Å². The van der Waals surface area contributed by atoms with Crippen LogP contribution in [0.2, 0.25) is 4.34 Å². The molecule has 2 aromatic rings. The van der Waals surface area contributed by atoms with Gasteiger partial charge in [-0.25, -0.2) is 13.1 Å². The summed E-state index contributed by atoms with van der Waals surface area (Å²) in [4.78, 5) is 0. The highest BCUT2D eigenvalue weighted by atomic mass is 35.5. The molecule has 108 valence electrons. The monoisotopic (exact) mass is 329 g/mol. The topological polar surface area (TPSA) is 46.2 Å². The van der Waals surface area contributed by atoms with Crippen LogP contribution in [0.15, 0.2) is 34.5 Å². The molecule has 1 aromatic heterocycles. The third-order valence-corrected chi connectivity index (χ3v) is 6.18. The molecule has 0 radical (unpaired) electrons. The van der Waals surface area contributed by atoms with E-state index in [4.69, 9.17) is 11.6 Å². The first-order valence-electron chi connectivity index (χ1n) is 6.19. The Kier molecular flexibility index (Phi) is 4.86. The zero-order valence-electron chi connectivity index (χ0n) is 11.3. The molecule has 3 nitrogen and oxygen atoms in total. The number of thiophene rings is 1. The second-order valence-corrected chi connectivity index (χ2v) is 8.35. The molecule has 1 aromatic carbocycles. The molecule has 20 heavy (non-hydrogen) atoms. The number of hydrogen-bond donors (Lipinski definition) is 1. The zero-order valence-corrected chi connectivity index (χ0v) is 13.7. The van der Waals surface area contributed by atoms with E-state index < -0.39 is 10.0 Å². The van der Waals surface area contributed by atoms with Crippen LogP contribution in [0.4, 0.5) is 0 Å². The van der Waals surface area contributed by atoms with Crippen LogP contribution in [0, 0.1) is 13.8 Å². The van der Waals surface area contributed by atoms with Gasteiger partial charge < -0.3 is 0 Å². The molecule has 0 spiro atoms. The fourth-order valence-electron chi connectivity index (χ4n) is 1.96. The van der Waals surface area contributed by atoms with Crippen LogP contribution in [0.25, 0.3) is 0 Å². The van der Waals surface area contributed by atoms with E-state index >= 15 is 0 Å². The molecule has 0 amide bonds. The summed E-state index contributed by atoms with van der Waals surface area (Å²) < 4.78 is 27.4. The first-order valence-corrected chi connectivity index (χ1v) is 8.87. The summed E-state index contributed by atoms with van der Waals surface area (Å²) >= 11 is 6.82. The van der Waals surface area contributed by atoms with E-state index in [1.54, 1.807) is 6.07 Å². The average molecular weight is 330 g/mol. The highest BCUT2D eigenvalue weighted by molar-refractivity contribution is 7.91. The minimum absolute atomic E-state index is 0.253. The number of benzene rings is 1. The van der Waals surface area contributed by atoms with Crippen LogP contribution in [0.5, 0.6) is 0 Å². The molecule has 0 aliphatic carbocycles. The molecule has 0 saturated heterocycles. The van der Waals surface area contributed by atoms with Crippen molar-refractivity contribution in [3.63, 3.8) is 0 Å². The maximum Gasteiger partial charge on any atom is 0.250 e. The average Bonchev–Trinajstić information content (AvgIpc) is 2.79. The Morgan fingerprint density at radius 2 is 1.95 bits per heavy atom. The van der Waals surface area contributed by atoms with Gasteiger partial charge in [0.25, 0.3) is 0 Å². The van der Waals surface area contributed by atoms with Crippen molar-refractivity contribution in [1.29, 1.82) is 0 Å². The van der Waals surface area contributed by atoms with E-state index in [1.165, 1.54) is 17.2 Å². The van der Waals surface area contributed by atoms with Gasteiger partial charge in [-0.3, -0.25) is 0 Å². The van der Waals surface area contributed by atoms with Crippen LogP contribution >= 0.6 is 22.9 Å². The SMILES string of the molecule is Cc1ccc(CCNS(=O)(=O)c2ccc(Cl)s2)c(C)c1. The molecule has 0 atom stereocenters. The summed E-state index contributed by atoms with van der Waals surface area (Å²) in [6.07, 6.45) is 0.671. The normalized spacial score (nSPS) is 11.8. The lowest BCUT2D eigenvalue weighted by molar-refractivity contribution is 0.583. The van der Waals surface area contributed by atoms with Gasteiger partial charge in [0.2, 0.25) is 10.0 Å². The Labute approximate surface area is 128 Å². The third kappa shape index (κ3) is 3.82. The van der Waals surface area contributed by atoms with Gasteiger partial charge in [-0.1, -0.05) is 35.4 Å². The fourth-order valence-corrected chi connectivity index (χ4v) is 4.52. The fraction of sp³-hybridized carbons (Fsp3) is 0.286. The van der Waals surface area contributed by atoms with Crippen molar-refractivity contribution < 1.29 is 8.42 Å². The Balaban J connectivity index is 1.99. The summed E-state index contributed by atoms with van der Waals surface area (Å²) in [5.74, 6) is 0. The van der Waals surface area contributed by atoms with Gasteiger partial charge >= 0.3 is 0 Å². The minimum atomic E-state index is -3.45. The maximum atomic E-state index is 12.0. The van der Waals surface area contributed by atoms with E-state index in [9.17, 15) is 8.42 Å². The predicted octanol–water partition coefficient (Wildman–Crippen LogP) is 3.54. The Bertz CT molecular complexity index is 708. The number of hydrogen-bond acceptors (Lipinski definition) is 3.